The summed E-state index contributed by atoms with van der Waals surface area (Å²) < 4.78 is 0.844. The minimum atomic E-state index is 0. The van der Waals surface area contributed by atoms with E-state index in [0.717, 1.165) is 11.0 Å². The van der Waals surface area contributed by atoms with Crippen molar-refractivity contribution in [1.29, 1.82) is 0 Å². The van der Waals surface area contributed by atoms with Crippen molar-refractivity contribution in [3.8, 4) is 0 Å². The van der Waals surface area contributed by atoms with Gasteiger partial charge in [-0.25, -0.2) is 0 Å². The monoisotopic (exact) mass is 232 g/mol. The van der Waals surface area contributed by atoms with E-state index in [2.05, 4.69) is 21.1 Å². The van der Waals surface area contributed by atoms with Crippen LogP contribution < -0.4 is 0 Å². The molecule has 1 N–H and O–H groups in total. The second kappa shape index (κ2) is 10.0. The average Bonchev–Trinajstić information content (AvgIpc) is 1.30. The Morgan fingerprint density at radius 2 is 1.40 bits per heavy atom. The Morgan fingerprint density at radius 1 is 1.10 bits per heavy atom. The number of aliphatic hydroxyl groups excluding tert-OH is 1. The quantitative estimate of drug-likeness (QED) is 0.544. The second-order valence-electron chi connectivity index (χ2n) is 2.74. The predicted molar refractivity (Wildman–Crippen MR) is 44.5 cm³/mol. The van der Waals surface area contributed by atoms with Gasteiger partial charge in [-0.2, -0.15) is 0 Å². The fraction of sp³-hybridized carbons (Fsp3) is 1.00. The van der Waals surface area contributed by atoms with E-state index in [-0.39, 0.29) is 48.5 Å². The molecule has 0 heterocycles. The molecule has 0 amide bonds. The first-order valence-corrected chi connectivity index (χ1v) is 2.47. The fourth-order valence-electron chi connectivity index (χ4n) is 0.300. The molecule has 2 nitrogen and oxygen atoms in total. The van der Waals surface area contributed by atoms with E-state index < -0.39 is 0 Å². The molecule has 10 heavy (non-hydrogen) atoms. The van der Waals surface area contributed by atoms with Gasteiger partial charge in [0.1, 0.15) is 6.54 Å². The maximum absolute atomic E-state index is 8.39. The Balaban J connectivity index is -0.0000000600. The standard InChI is InChI=1S/C5H14NO.2ClH.Fe/c1-6(2,3)4-5-7;;;/h7H,4-5H2,1-3H3;2*1H;/q+1;;;. The Morgan fingerprint density at radius 3 is 1.40 bits per heavy atom. The minimum absolute atomic E-state index is 0. The Bertz CT molecular complexity index is 58.1. The van der Waals surface area contributed by atoms with Crippen LogP contribution >= 0.6 is 24.8 Å². The smallest absolute Gasteiger partial charge is 0.101 e. The Hall–Kier alpha value is 1.02. The summed E-state index contributed by atoms with van der Waals surface area (Å²) in [4.78, 5) is 0. The van der Waals surface area contributed by atoms with E-state index in [1.54, 1.807) is 0 Å². The number of quaternary nitrogens is 1. The average molecular weight is 233 g/mol. The van der Waals surface area contributed by atoms with Gasteiger partial charge in [-0.1, -0.05) is 0 Å². The molecule has 0 atom stereocenters. The van der Waals surface area contributed by atoms with Gasteiger partial charge >= 0.3 is 0 Å². The molecule has 0 saturated carbocycles. The van der Waals surface area contributed by atoms with Crippen molar-refractivity contribution in [1.82, 2.24) is 0 Å². The minimum Gasteiger partial charge on any atom is -0.391 e. The van der Waals surface area contributed by atoms with Crippen LogP contribution in [0.3, 0.4) is 0 Å². The SMILES string of the molecule is C[N+](C)(C)CCO.Cl.Cl.[Fe]. The molecule has 0 fully saturated rings. The van der Waals surface area contributed by atoms with Crippen LogP contribution in [0, 0.1) is 0 Å². The van der Waals surface area contributed by atoms with E-state index in [0.29, 0.717) is 0 Å². The molecule has 0 bridgehead atoms. The summed E-state index contributed by atoms with van der Waals surface area (Å²) in [6, 6.07) is 0. The van der Waals surface area contributed by atoms with Crippen LogP contribution in [0.1, 0.15) is 0 Å². The van der Waals surface area contributed by atoms with E-state index in [1.807, 2.05) is 0 Å². The van der Waals surface area contributed by atoms with Gasteiger partial charge in [-0.15, -0.1) is 24.8 Å². The van der Waals surface area contributed by atoms with Gasteiger partial charge in [0.2, 0.25) is 0 Å². The van der Waals surface area contributed by atoms with Crippen LogP contribution in [0.25, 0.3) is 0 Å². The van der Waals surface area contributed by atoms with Crippen molar-refractivity contribution in [3.05, 3.63) is 0 Å². The number of likely N-dealkylation sites (N-methyl/N-ethyl adjacent to an activating group) is 1. The molecule has 0 spiro atoms. The van der Waals surface area contributed by atoms with Crippen LogP contribution in [0.4, 0.5) is 0 Å². The number of hydrogen-bond acceptors (Lipinski definition) is 1. The number of hydrogen-bond donors (Lipinski definition) is 1. The summed E-state index contributed by atoms with van der Waals surface area (Å²) in [6.45, 7) is 1.11. The van der Waals surface area contributed by atoms with Crippen molar-refractivity contribution in [2.24, 2.45) is 0 Å². The van der Waals surface area contributed by atoms with Crippen molar-refractivity contribution < 1.29 is 26.7 Å². The van der Waals surface area contributed by atoms with E-state index in [4.69, 9.17) is 5.11 Å². The van der Waals surface area contributed by atoms with E-state index >= 15 is 0 Å². The van der Waals surface area contributed by atoms with Crippen LogP contribution in [-0.4, -0.2) is 43.9 Å². The molecule has 0 aromatic rings. The largest absolute Gasteiger partial charge is 0.391 e. The van der Waals surface area contributed by atoms with Crippen LogP contribution in [-0.2, 0) is 17.1 Å². The van der Waals surface area contributed by atoms with Crippen LogP contribution in [0.2, 0.25) is 0 Å². The summed E-state index contributed by atoms with van der Waals surface area (Å²) in [5.41, 5.74) is 0. The number of nitrogens with zero attached hydrogens (tertiary/aromatic N) is 1. The first-order chi connectivity index (χ1) is 3.06. The van der Waals surface area contributed by atoms with Gasteiger partial charge < -0.3 is 9.59 Å². The summed E-state index contributed by atoms with van der Waals surface area (Å²) >= 11 is 0. The zero-order valence-corrected chi connectivity index (χ0v) is 9.22. The second-order valence-corrected chi connectivity index (χ2v) is 2.74. The van der Waals surface area contributed by atoms with Crippen molar-refractivity contribution in [2.75, 3.05) is 34.3 Å². The molecule has 68 valence electrons. The topological polar surface area (TPSA) is 20.2 Å². The first kappa shape index (κ1) is 22.5. The van der Waals surface area contributed by atoms with Crippen LogP contribution in [0.5, 0.6) is 0 Å². The molecule has 0 aromatic carbocycles. The third kappa shape index (κ3) is 23.0. The van der Waals surface area contributed by atoms with Crippen molar-refractivity contribution in [3.63, 3.8) is 0 Å². The molecule has 0 aromatic heterocycles. The number of rotatable bonds is 2. The molecular formula is C5H16Cl2FeNO+. The van der Waals surface area contributed by atoms with Gasteiger partial charge in [0.25, 0.3) is 0 Å². The zero-order chi connectivity index (χ0) is 5.91. The van der Waals surface area contributed by atoms with Crippen molar-refractivity contribution >= 4 is 24.8 Å². The van der Waals surface area contributed by atoms with Gasteiger partial charge in [0, 0.05) is 17.1 Å². The van der Waals surface area contributed by atoms with E-state index in [9.17, 15) is 0 Å². The molecule has 0 unspecified atom stereocenters. The molecule has 0 rings (SSSR count). The van der Waals surface area contributed by atoms with Gasteiger partial charge in [-0.3, -0.25) is 0 Å². The number of halogens is 2. The molecule has 0 radical (unpaired) electrons. The first-order valence-electron chi connectivity index (χ1n) is 2.47. The van der Waals surface area contributed by atoms with Crippen molar-refractivity contribution in [2.45, 2.75) is 0 Å². The zero-order valence-electron chi connectivity index (χ0n) is 6.48. The number of aliphatic hydroxyl groups is 1. The summed E-state index contributed by atoms with van der Waals surface area (Å²) in [7, 11) is 6.16. The molecule has 5 heteroatoms. The predicted octanol–water partition coefficient (Wildman–Crippen LogP) is 0.526. The van der Waals surface area contributed by atoms with Gasteiger partial charge in [0.15, 0.2) is 0 Å². The molecule has 0 aliphatic rings. The normalized spacial score (nSPS) is 8.40. The maximum atomic E-state index is 8.39. The summed E-state index contributed by atoms with van der Waals surface area (Å²) in [5, 5.41) is 8.39. The Labute approximate surface area is 85.9 Å². The van der Waals surface area contributed by atoms with Gasteiger partial charge in [0.05, 0.1) is 27.7 Å². The molecule has 0 aliphatic heterocycles. The van der Waals surface area contributed by atoms with E-state index in [1.165, 1.54) is 0 Å². The Kier molecular flexibility index (Phi) is 22.5. The summed E-state index contributed by atoms with van der Waals surface area (Å²) in [6.07, 6.45) is 0. The summed E-state index contributed by atoms with van der Waals surface area (Å²) in [5.74, 6) is 0. The van der Waals surface area contributed by atoms with Crippen LogP contribution in [0.15, 0.2) is 0 Å². The molecule has 0 saturated heterocycles. The fourth-order valence-corrected chi connectivity index (χ4v) is 0.300. The third-order valence-electron chi connectivity index (χ3n) is 0.771. The van der Waals surface area contributed by atoms with Gasteiger partial charge in [-0.05, 0) is 0 Å². The third-order valence-corrected chi connectivity index (χ3v) is 0.771. The maximum Gasteiger partial charge on any atom is 0.101 e. The molecular weight excluding hydrogens is 217 g/mol. The molecule has 0 aliphatic carbocycles.